The lowest BCUT2D eigenvalue weighted by molar-refractivity contribution is -0.146. The molecule has 6 heteroatoms. The van der Waals surface area contributed by atoms with Crippen molar-refractivity contribution in [1.82, 2.24) is 10.2 Å². The Morgan fingerprint density at radius 3 is 2.58 bits per heavy atom. The SMILES string of the molecule is CC1(NCC(=O)N2C[C@@H](F)C[C@H]2C#N)C[C@@H]2CC3(CCO3)C[C@@H]2C1. The Morgan fingerprint density at radius 1 is 1.38 bits per heavy atom. The van der Waals surface area contributed by atoms with Gasteiger partial charge in [-0.25, -0.2) is 4.39 Å². The van der Waals surface area contributed by atoms with Crippen LogP contribution in [0.2, 0.25) is 0 Å². The quantitative estimate of drug-likeness (QED) is 0.854. The Balaban J connectivity index is 1.30. The van der Waals surface area contributed by atoms with Crippen LogP contribution >= 0.6 is 0 Å². The van der Waals surface area contributed by atoms with E-state index in [1.54, 1.807) is 0 Å². The molecule has 0 aromatic heterocycles. The highest BCUT2D eigenvalue weighted by Crippen LogP contribution is 2.56. The van der Waals surface area contributed by atoms with Gasteiger partial charge in [-0.1, -0.05) is 0 Å². The Kier molecular flexibility index (Phi) is 3.85. The van der Waals surface area contributed by atoms with Gasteiger partial charge in [-0.3, -0.25) is 4.79 Å². The molecule has 2 saturated carbocycles. The third-order valence-electron chi connectivity index (χ3n) is 6.71. The average molecular weight is 335 g/mol. The van der Waals surface area contributed by atoms with E-state index in [1.807, 2.05) is 6.07 Å². The molecule has 6 atom stereocenters. The lowest BCUT2D eigenvalue weighted by Gasteiger charge is -2.40. The fourth-order valence-corrected chi connectivity index (χ4v) is 5.52. The number of amides is 1. The van der Waals surface area contributed by atoms with E-state index in [4.69, 9.17) is 10.00 Å². The number of rotatable bonds is 3. The third-order valence-corrected chi connectivity index (χ3v) is 6.71. The van der Waals surface area contributed by atoms with Crippen molar-refractivity contribution in [1.29, 1.82) is 5.26 Å². The number of carbonyl (C=O) groups is 1. The second-order valence-corrected chi connectivity index (χ2v) is 8.56. The van der Waals surface area contributed by atoms with Crippen LogP contribution in [0.1, 0.15) is 45.4 Å². The van der Waals surface area contributed by atoms with Crippen molar-refractivity contribution >= 4 is 5.91 Å². The maximum Gasteiger partial charge on any atom is 0.237 e. The standard InChI is InChI=1S/C18H26FN3O2/c1-17(5-12-7-18(2-3-24-18)8-13(12)6-17)21-10-16(23)22-11-14(19)4-15(22)9-20/h12-15,21H,2-8,10-11H2,1H3/t12-,13+,14-,15-,17?,18?/m0/s1. The number of fused-ring (bicyclic) bond motifs is 1. The van der Waals surface area contributed by atoms with E-state index in [2.05, 4.69) is 12.2 Å². The van der Waals surface area contributed by atoms with Crippen molar-refractivity contribution < 1.29 is 13.9 Å². The average Bonchev–Trinajstić information content (AvgIpc) is 3.13. The minimum absolute atomic E-state index is 0.0344. The molecular weight excluding hydrogens is 309 g/mol. The minimum atomic E-state index is -1.07. The molecule has 2 saturated heterocycles. The summed E-state index contributed by atoms with van der Waals surface area (Å²) in [6, 6.07) is 1.43. The Hall–Kier alpha value is -1.19. The van der Waals surface area contributed by atoms with Crippen molar-refractivity contribution in [3.8, 4) is 6.07 Å². The Bertz CT molecular complexity index is 555. The number of likely N-dealkylation sites (tertiary alicyclic amines) is 1. The first-order chi connectivity index (χ1) is 11.4. The number of nitrogens with one attached hydrogen (secondary N) is 1. The van der Waals surface area contributed by atoms with Crippen LogP contribution in [0.15, 0.2) is 0 Å². The molecule has 2 unspecified atom stereocenters. The lowest BCUT2D eigenvalue weighted by atomic mass is 9.86. The smallest absolute Gasteiger partial charge is 0.237 e. The summed E-state index contributed by atoms with van der Waals surface area (Å²) in [7, 11) is 0. The van der Waals surface area contributed by atoms with E-state index < -0.39 is 12.2 Å². The molecule has 1 amide bonds. The molecule has 5 nitrogen and oxygen atoms in total. The van der Waals surface area contributed by atoms with Crippen LogP contribution < -0.4 is 5.32 Å². The first-order valence-corrected chi connectivity index (χ1v) is 9.14. The van der Waals surface area contributed by atoms with Gasteiger partial charge in [0.05, 0.1) is 31.4 Å². The predicted octanol–water partition coefficient (Wildman–Crippen LogP) is 1.78. The number of alkyl halides is 1. The van der Waals surface area contributed by atoms with Gasteiger partial charge in [-0.05, 0) is 50.9 Å². The number of hydrogen-bond acceptors (Lipinski definition) is 4. The summed E-state index contributed by atoms with van der Waals surface area (Å²) in [6.45, 7) is 3.36. The number of nitrogens with zero attached hydrogens (tertiary/aromatic N) is 2. The number of nitriles is 1. The molecule has 24 heavy (non-hydrogen) atoms. The Labute approximate surface area is 142 Å². The van der Waals surface area contributed by atoms with Crippen LogP contribution in [0.3, 0.4) is 0 Å². The zero-order chi connectivity index (χ0) is 16.9. The van der Waals surface area contributed by atoms with Gasteiger partial charge in [0.1, 0.15) is 12.2 Å². The van der Waals surface area contributed by atoms with E-state index in [0.717, 1.165) is 32.3 Å². The predicted molar refractivity (Wildman–Crippen MR) is 85.8 cm³/mol. The van der Waals surface area contributed by atoms with Crippen LogP contribution in [0.25, 0.3) is 0 Å². The molecule has 1 spiro atoms. The van der Waals surface area contributed by atoms with Crippen LogP contribution in [-0.4, -0.2) is 53.9 Å². The molecule has 0 aromatic carbocycles. The molecule has 132 valence electrons. The van der Waals surface area contributed by atoms with E-state index in [-0.39, 0.29) is 36.6 Å². The second-order valence-electron chi connectivity index (χ2n) is 8.56. The highest BCUT2D eigenvalue weighted by Gasteiger charge is 2.55. The summed E-state index contributed by atoms with van der Waals surface area (Å²) in [6.07, 6.45) is 4.75. The molecule has 0 bridgehead atoms. The molecule has 0 radical (unpaired) electrons. The van der Waals surface area contributed by atoms with Gasteiger partial charge >= 0.3 is 0 Å². The molecular formula is C18H26FN3O2. The maximum absolute atomic E-state index is 13.5. The van der Waals surface area contributed by atoms with Crippen molar-refractivity contribution in [2.24, 2.45) is 11.8 Å². The normalized spacial score (nSPS) is 46.8. The van der Waals surface area contributed by atoms with Gasteiger partial charge in [-0.2, -0.15) is 5.26 Å². The van der Waals surface area contributed by atoms with E-state index in [9.17, 15) is 9.18 Å². The summed E-state index contributed by atoms with van der Waals surface area (Å²) < 4.78 is 19.3. The lowest BCUT2D eigenvalue weighted by Crippen LogP contribution is -2.49. The summed E-state index contributed by atoms with van der Waals surface area (Å²) in [5, 5.41) is 12.5. The van der Waals surface area contributed by atoms with Crippen molar-refractivity contribution in [2.45, 2.75) is 68.8 Å². The number of ether oxygens (including phenoxy) is 1. The van der Waals surface area contributed by atoms with Crippen LogP contribution in [0, 0.1) is 23.2 Å². The van der Waals surface area contributed by atoms with Gasteiger partial charge in [0, 0.05) is 12.0 Å². The van der Waals surface area contributed by atoms with E-state index >= 15 is 0 Å². The monoisotopic (exact) mass is 335 g/mol. The maximum atomic E-state index is 13.5. The van der Waals surface area contributed by atoms with Gasteiger partial charge in [0.15, 0.2) is 0 Å². The summed E-state index contributed by atoms with van der Waals surface area (Å²) >= 11 is 0. The molecule has 2 aliphatic heterocycles. The van der Waals surface area contributed by atoms with Crippen LogP contribution in [0.5, 0.6) is 0 Å². The van der Waals surface area contributed by atoms with E-state index in [1.165, 1.54) is 11.3 Å². The highest BCUT2D eigenvalue weighted by atomic mass is 19.1. The first-order valence-electron chi connectivity index (χ1n) is 9.14. The second kappa shape index (κ2) is 5.67. The summed E-state index contributed by atoms with van der Waals surface area (Å²) in [5.41, 5.74) is 0.144. The number of carbonyl (C=O) groups excluding carboxylic acids is 1. The van der Waals surface area contributed by atoms with Crippen molar-refractivity contribution in [3.05, 3.63) is 0 Å². The van der Waals surface area contributed by atoms with Crippen LogP contribution in [-0.2, 0) is 9.53 Å². The summed E-state index contributed by atoms with van der Waals surface area (Å²) in [5.74, 6) is 1.22. The third kappa shape index (κ3) is 2.72. The Morgan fingerprint density at radius 2 is 2.04 bits per heavy atom. The van der Waals surface area contributed by atoms with Crippen molar-refractivity contribution in [2.75, 3.05) is 19.7 Å². The van der Waals surface area contributed by atoms with Crippen molar-refractivity contribution in [3.63, 3.8) is 0 Å². The zero-order valence-electron chi connectivity index (χ0n) is 14.3. The molecule has 1 N–H and O–H groups in total. The van der Waals surface area contributed by atoms with E-state index in [0.29, 0.717) is 11.8 Å². The largest absolute Gasteiger partial charge is 0.375 e. The molecule has 2 aliphatic carbocycles. The first kappa shape index (κ1) is 16.3. The van der Waals surface area contributed by atoms with Crippen LogP contribution in [0.4, 0.5) is 4.39 Å². The van der Waals surface area contributed by atoms with Gasteiger partial charge in [0.2, 0.25) is 5.91 Å². The molecule has 2 heterocycles. The number of halogens is 1. The topological polar surface area (TPSA) is 65.4 Å². The summed E-state index contributed by atoms with van der Waals surface area (Å²) in [4.78, 5) is 13.8. The van der Waals surface area contributed by atoms with Gasteiger partial charge in [0.25, 0.3) is 0 Å². The molecule has 4 aliphatic rings. The highest BCUT2D eigenvalue weighted by molar-refractivity contribution is 5.79. The van der Waals surface area contributed by atoms with Gasteiger partial charge in [-0.15, -0.1) is 0 Å². The number of hydrogen-bond donors (Lipinski definition) is 1. The van der Waals surface area contributed by atoms with Gasteiger partial charge < -0.3 is 15.0 Å². The molecule has 0 aromatic rings. The minimum Gasteiger partial charge on any atom is -0.375 e. The molecule has 4 fully saturated rings. The fraction of sp³-hybridized carbons (Fsp3) is 0.889. The molecule has 4 rings (SSSR count). The fourth-order valence-electron chi connectivity index (χ4n) is 5.52. The zero-order valence-corrected chi connectivity index (χ0v) is 14.3.